The van der Waals surface area contributed by atoms with Crippen LogP contribution < -0.4 is 5.32 Å². The van der Waals surface area contributed by atoms with Crippen molar-refractivity contribution < 1.29 is 0 Å². The fraction of sp³-hybridized carbons (Fsp3) is 0.667. The first-order valence-electron chi connectivity index (χ1n) is 5.65. The van der Waals surface area contributed by atoms with Crippen molar-refractivity contribution in [1.29, 1.82) is 0 Å². The average molecular weight is 305 g/mol. The molecule has 16 heavy (non-hydrogen) atoms. The Morgan fingerprint density at radius 1 is 1.44 bits per heavy atom. The molecule has 1 atom stereocenters. The molecule has 0 aliphatic rings. The van der Waals surface area contributed by atoms with Crippen molar-refractivity contribution in [3.8, 4) is 0 Å². The highest BCUT2D eigenvalue weighted by molar-refractivity contribution is 9.10. The fourth-order valence-electron chi connectivity index (χ4n) is 1.40. The molecule has 0 aromatic carbocycles. The summed E-state index contributed by atoms with van der Waals surface area (Å²) in [5, 5.41) is 5.61. The smallest absolute Gasteiger partial charge is 0.0328 e. The molecule has 92 valence electrons. The molecule has 0 saturated heterocycles. The monoisotopic (exact) mass is 304 g/mol. The van der Waals surface area contributed by atoms with Crippen LogP contribution >= 0.6 is 27.3 Å². The molecule has 1 heterocycles. The number of nitrogens with zero attached hydrogens (tertiary/aromatic N) is 1. The second kappa shape index (κ2) is 6.74. The van der Waals surface area contributed by atoms with Crippen molar-refractivity contribution in [3.05, 3.63) is 20.8 Å². The Morgan fingerprint density at radius 2 is 2.12 bits per heavy atom. The van der Waals surface area contributed by atoms with Gasteiger partial charge in [-0.05, 0) is 36.0 Å². The van der Waals surface area contributed by atoms with Gasteiger partial charge >= 0.3 is 0 Å². The Kier molecular flexibility index (Phi) is 5.97. The van der Waals surface area contributed by atoms with Crippen molar-refractivity contribution in [1.82, 2.24) is 10.2 Å². The molecule has 0 fully saturated rings. The molecule has 0 aliphatic carbocycles. The van der Waals surface area contributed by atoms with E-state index in [1.165, 1.54) is 9.35 Å². The van der Waals surface area contributed by atoms with E-state index in [0.29, 0.717) is 12.1 Å². The summed E-state index contributed by atoms with van der Waals surface area (Å²) in [5.41, 5.74) is 0. The van der Waals surface area contributed by atoms with Crippen molar-refractivity contribution in [2.24, 2.45) is 0 Å². The highest BCUT2D eigenvalue weighted by Crippen LogP contribution is 2.21. The number of rotatable bonds is 6. The van der Waals surface area contributed by atoms with Gasteiger partial charge in [0.05, 0.1) is 0 Å². The minimum absolute atomic E-state index is 0.559. The van der Waals surface area contributed by atoms with Gasteiger partial charge in [-0.1, -0.05) is 13.8 Å². The fourth-order valence-corrected chi connectivity index (χ4v) is 2.91. The molecule has 1 rings (SSSR count). The predicted octanol–water partition coefficient (Wildman–Crippen LogP) is 3.33. The quantitative estimate of drug-likeness (QED) is 0.867. The SMILES string of the molecule is CC(C)NCC(C)N(C)Cc1cc(Br)cs1. The van der Waals surface area contributed by atoms with E-state index in [-0.39, 0.29) is 0 Å². The molecule has 1 aromatic rings. The summed E-state index contributed by atoms with van der Waals surface area (Å²) in [4.78, 5) is 3.79. The number of nitrogens with one attached hydrogen (secondary N) is 1. The molecular weight excluding hydrogens is 284 g/mol. The maximum atomic E-state index is 3.49. The van der Waals surface area contributed by atoms with Crippen LogP contribution in [0.3, 0.4) is 0 Å². The van der Waals surface area contributed by atoms with E-state index in [1.54, 1.807) is 0 Å². The largest absolute Gasteiger partial charge is 0.313 e. The molecule has 0 bridgehead atoms. The third kappa shape index (κ3) is 4.95. The van der Waals surface area contributed by atoms with Gasteiger partial charge in [0.2, 0.25) is 0 Å². The lowest BCUT2D eigenvalue weighted by atomic mass is 10.2. The van der Waals surface area contributed by atoms with Gasteiger partial charge in [-0.2, -0.15) is 0 Å². The number of halogens is 1. The van der Waals surface area contributed by atoms with E-state index >= 15 is 0 Å². The first-order chi connectivity index (χ1) is 7.49. The van der Waals surface area contributed by atoms with E-state index in [9.17, 15) is 0 Å². The first kappa shape index (κ1) is 14.2. The molecule has 1 N–H and O–H groups in total. The van der Waals surface area contributed by atoms with Crippen molar-refractivity contribution in [3.63, 3.8) is 0 Å². The maximum Gasteiger partial charge on any atom is 0.0328 e. The van der Waals surface area contributed by atoms with Crippen LogP contribution in [0.15, 0.2) is 15.9 Å². The number of likely N-dealkylation sites (N-methyl/N-ethyl adjacent to an activating group) is 1. The van der Waals surface area contributed by atoms with Gasteiger partial charge in [0.15, 0.2) is 0 Å². The minimum Gasteiger partial charge on any atom is -0.313 e. The molecule has 0 spiro atoms. The van der Waals surface area contributed by atoms with Crippen LogP contribution in [-0.2, 0) is 6.54 Å². The Balaban J connectivity index is 2.36. The summed E-state index contributed by atoms with van der Waals surface area (Å²) < 4.78 is 1.19. The van der Waals surface area contributed by atoms with Crippen LogP contribution in [0.5, 0.6) is 0 Å². The minimum atomic E-state index is 0.559. The van der Waals surface area contributed by atoms with E-state index in [2.05, 4.69) is 65.4 Å². The van der Waals surface area contributed by atoms with Crippen LogP contribution in [0.1, 0.15) is 25.6 Å². The molecule has 1 unspecified atom stereocenters. The summed E-state index contributed by atoms with van der Waals surface area (Å²) >= 11 is 5.30. The topological polar surface area (TPSA) is 15.3 Å². The van der Waals surface area contributed by atoms with Gasteiger partial charge in [0.25, 0.3) is 0 Å². The second-order valence-electron chi connectivity index (χ2n) is 4.56. The lowest BCUT2D eigenvalue weighted by Gasteiger charge is -2.25. The van der Waals surface area contributed by atoms with Gasteiger partial charge in [-0.15, -0.1) is 11.3 Å². The third-order valence-electron chi connectivity index (χ3n) is 2.60. The van der Waals surface area contributed by atoms with Gasteiger partial charge < -0.3 is 5.32 Å². The molecular formula is C12H21BrN2S. The summed E-state index contributed by atoms with van der Waals surface area (Å²) in [6, 6.07) is 3.32. The molecule has 4 heteroatoms. The normalized spacial score (nSPS) is 13.7. The van der Waals surface area contributed by atoms with E-state index in [0.717, 1.165) is 13.1 Å². The zero-order valence-corrected chi connectivity index (χ0v) is 12.9. The van der Waals surface area contributed by atoms with Crippen LogP contribution in [0.2, 0.25) is 0 Å². The highest BCUT2D eigenvalue weighted by Gasteiger charge is 2.10. The van der Waals surface area contributed by atoms with Gasteiger partial charge in [-0.25, -0.2) is 0 Å². The maximum absolute atomic E-state index is 3.49. The first-order valence-corrected chi connectivity index (χ1v) is 7.33. The summed E-state index contributed by atoms with van der Waals surface area (Å²) in [6.07, 6.45) is 0. The Bertz CT molecular complexity index is 312. The summed E-state index contributed by atoms with van der Waals surface area (Å²) in [5.74, 6) is 0. The van der Waals surface area contributed by atoms with Crippen molar-refractivity contribution in [2.45, 2.75) is 39.4 Å². The van der Waals surface area contributed by atoms with Crippen LogP contribution in [0, 0.1) is 0 Å². The molecule has 1 aromatic heterocycles. The lowest BCUT2D eigenvalue weighted by Crippen LogP contribution is -2.39. The number of thiophene rings is 1. The van der Waals surface area contributed by atoms with Crippen molar-refractivity contribution >= 4 is 27.3 Å². The lowest BCUT2D eigenvalue weighted by molar-refractivity contribution is 0.241. The number of hydrogen-bond donors (Lipinski definition) is 1. The third-order valence-corrected chi connectivity index (χ3v) is 4.28. The van der Waals surface area contributed by atoms with Crippen molar-refractivity contribution in [2.75, 3.05) is 13.6 Å². The Morgan fingerprint density at radius 3 is 2.62 bits per heavy atom. The highest BCUT2D eigenvalue weighted by atomic mass is 79.9. The van der Waals surface area contributed by atoms with Gasteiger partial charge in [0.1, 0.15) is 0 Å². The van der Waals surface area contributed by atoms with Crippen LogP contribution in [0.25, 0.3) is 0 Å². The molecule has 2 nitrogen and oxygen atoms in total. The Hall–Kier alpha value is 0.1000. The molecule has 0 aliphatic heterocycles. The molecule has 0 radical (unpaired) electrons. The second-order valence-corrected chi connectivity index (χ2v) is 6.47. The summed E-state index contributed by atoms with van der Waals surface area (Å²) in [6.45, 7) is 8.70. The van der Waals surface area contributed by atoms with Gasteiger partial charge in [-0.3, -0.25) is 4.90 Å². The van der Waals surface area contributed by atoms with E-state index < -0.39 is 0 Å². The standard InChI is InChI=1S/C12H21BrN2S/c1-9(2)14-6-10(3)15(4)7-12-5-11(13)8-16-12/h5,8-10,14H,6-7H2,1-4H3. The summed E-state index contributed by atoms with van der Waals surface area (Å²) in [7, 11) is 2.18. The predicted molar refractivity (Wildman–Crippen MR) is 76.1 cm³/mol. The molecule has 0 saturated carbocycles. The van der Waals surface area contributed by atoms with Gasteiger partial charge in [0, 0.05) is 39.9 Å². The van der Waals surface area contributed by atoms with Crippen LogP contribution in [0.4, 0.5) is 0 Å². The molecule has 0 amide bonds. The average Bonchev–Trinajstić information content (AvgIpc) is 2.60. The zero-order valence-electron chi connectivity index (χ0n) is 10.5. The zero-order chi connectivity index (χ0) is 12.1. The number of hydrogen-bond acceptors (Lipinski definition) is 3. The van der Waals surface area contributed by atoms with Crippen LogP contribution in [-0.4, -0.2) is 30.6 Å². The van der Waals surface area contributed by atoms with E-state index in [1.807, 2.05) is 11.3 Å². The van der Waals surface area contributed by atoms with E-state index in [4.69, 9.17) is 0 Å². The Labute approximate surface area is 111 Å².